The summed E-state index contributed by atoms with van der Waals surface area (Å²) in [6.45, 7) is 4.16. The van der Waals surface area contributed by atoms with Gasteiger partial charge in [-0.15, -0.1) is 0 Å². The third kappa shape index (κ3) is 3.53. The molecule has 0 spiro atoms. The molecule has 0 atom stereocenters. The molecule has 138 valence electrons. The first-order valence-corrected chi connectivity index (χ1v) is 9.08. The van der Waals surface area contributed by atoms with Crippen molar-refractivity contribution in [3.05, 3.63) is 59.7 Å². The van der Waals surface area contributed by atoms with Gasteiger partial charge >= 0.3 is 0 Å². The number of rotatable bonds is 2. The van der Waals surface area contributed by atoms with E-state index in [2.05, 4.69) is 15.0 Å². The normalized spacial score (nSPS) is 15.0. The predicted octanol–water partition coefficient (Wildman–Crippen LogP) is 2.25. The van der Waals surface area contributed by atoms with Crippen LogP contribution < -0.4 is 0 Å². The van der Waals surface area contributed by atoms with Crippen LogP contribution in [-0.4, -0.2) is 62.7 Å². The fourth-order valence-electron chi connectivity index (χ4n) is 3.43. The number of benzene rings is 1. The summed E-state index contributed by atoms with van der Waals surface area (Å²) in [5.41, 5.74) is 2.79. The quantitative estimate of drug-likeness (QED) is 0.757. The Morgan fingerprint density at radius 2 is 1.78 bits per heavy atom. The largest absolute Gasteiger partial charge is 0.342 e. The Labute approximate surface area is 157 Å². The van der Waals surface area contributed by atoms with Crippen LogP contribution in [0.25, 0.3) is 11.0 Å². The number of aromatic nitrogens is 3. The monoisotopic (exact) mass is 363 g/mol. The van der Waals surface area contributed by atoms with E-state index in [4.69, 9.17) is 0 Å². The molecule has 0 aliphatic carbocycles. The Kier molecular flexibility index (Phi) is 4.58. The van der Waals surface area contributed by atoms with E-state index in [-0.39, 0.29) is 11.8 Å². The van der Waals surface area contributed by atoms with E-state index >= 15 is 0 Å². The molecule has 2 amide bonds. The maximum atomic E-state index is 12.9. The van der Waals surface area contributed by atoms with E-state index in [9.17, 15) is 9.59 Å². The van der Waals surface area contributed by atoms with E-state index in [1.165, 1.54) is 0 Å². The van der Waals surface area contributed by atoms with Gasteiger partial charge in [-0.2, -0.15) is 0 Å². The average Bonchev–Trinajstić information content (AvgIpc) is 2.90. The van der Waals surface area contributed by atoms with Crippen LogP contribution in [0.4, 0.5) is 0 Å². The molecule has 2 aromatic heterocycles. The van der Waals surface area contributed by atoms with Gasteiger partial charge in [-0.3, -0.25) is 14.6 Å². The molecule has 1 aliphatic heterocycles. The minimum Gasteiger partial charge on any atom is -0.342 e. The van der Waals surface area contributed by atoms with Crippen molar-refractivity contribution in [2.75, 3.05) is 26.2 Å². The highest BCUT2D eigenvalue weighted by atomic mass is 16.2. The molecule has 1 aliphatic rings. The summed E-state index contributed by atoms with van der Waals surface area (Å²) in [5.74, 6) is 0.726. The maximum absolute atomic E-state index is 12.9. The van der Waals surface area contributed by atoms with Crippen LogP contribution in [0, 0.1) is 6.92 Å². The fourth-order valence-corrected chi connectivity index (χ4v) is 3.43. The lowest BCUT2D eigenvalue weighted by molar-refractivity contribution is 0.0716. The number of nitrogens with one attached hydrogen (secondary N) is 1. The Morgan fingerprint density at radius 3 is 2.52 bits per heavy atom. The van der Waals surface area contributed by atoms with Crippen molar-refractivity contribution in [3.63, 3.8) is 0 Å². The summed E-state index contributed by atoms with van der Waals surface area (Å²) in [7, 11) is 0. The van der Waals surface area contributed by atoms with E-state index in [0.717, 1.165) is 23.3 Å². The lowest BCUT2D eigenvalue weighted by atomic mass is 10.1. The second-order valence-corrected chi connectivity index (χ2v) is 6.71. The molecule has 0 bridgehead atoms. The van der Waals surface area contributed by atoms with Crippen molar-refractivity contribution < 1.29 is 9.59 Å². The zero-order chi connectivity index (χ0) is 18.8. The molecule has 7 heteroatoms. The minimum atomic E-state index is -0.0840. The second-order valence-electron chi connectivity index (χ2n) is 6.71. The highest BCUT2D eigenvalue weighted by Crippen LogP contribution is 2.16. The zero-order valence-electron chi connectivity index (χ0n) is 15.2. The van der Waals surface area contributed by atoms with Gasteiger partial charge in [0.15, 0.2) is 0 Å². The maximum Gasteiger partial charge on any atom is 0.272 e. The molecule has 3 aromatic rings. The number of pyridine rings is 1. The lowest BCUT2D eigenvalue weighted by Gasteiger charge is -2.22. The summed E-state index contributed by atoms with van der Waals surface area (Å²) >= 11 is 0. The van der Waals surface area contributed by atoms with Gasteiger partial charge in [-0.25, -0.2) is 4.98 Å². The Morgan fingerprint density at radius 1 is 1.00 bits per heavy atom. The van der Waals surface area contributed by atoms with Crippen LogP contribution >= 0.6 is 0 Å². The average molecular weight is 363 g/mol. The van der Waals surface area contributed by atoms with Crippen molar-refractivity contribution in [2.24, 2.45) is 0 Å². The van der Waals surface area contributed by atoms with Gasteiger partial charge in [0, 0.05) is 37.9 Å². The summed E-state index contributed by atoms with van der Waals surface area (Å²) in [4.78, 5) is 40.8. The number of carbonyl (C=O) groups excluding carboxylic acids is 2. The Balaban J connectivity index is 1.47. The molecule has 1 saturated heterocycles. The molecular weight excluding hydrogens is 342 g/mol. The highest BCUT2D eigenvalue weighted by molar-refractivity contribution is 5.97. The van der Waals surface area contributed by atoms with Crippen molar-refractivity contribution in [3.8, 4) is 0 Å². The first-order chi connectivity index (χ1) is 13.1. The third-order valence-corrected chi connectivity index (χ3v) is 4.80. The zero-order valence-corrected chi connectivity index (χ0v) is 15.2. The van der Waals surface area contributed by atoms with Crippen LogP contribution in [0.2, 0.25) is 0 Å². The SMILES string of the molecule is Cc1nc2ccc(C(=O)N3CCCN(C(=O)c4ccccn4)CC3)cc2[nH]1. The smallest absolute Gasteiger partial charge is 0.272 e. The van der Waals surface area contributed by atoms with Crippen molar-refractivity contribution in [1.82, 2.24) is 24.8 Å². The number of fused-ring (bicyclic) bond motifs is 1. The Bertz CT molecular complexity index is 982. The highest BCUT2D eigenvalue weighted by Gasteiger charge is 2.24. The fraction of sp³-hybridized carbons (Fsp3) is 0.300. The van der Waals surface area contributed by atoms with Crippen LogP contribution in [-0.2, 0) is 0 Å². The number of imidazole rings is 1. The number of aryl methyl sites for hydroxylation is 1. The summed E-state index contributed by atoms with van der Waals surface area (Å²) in [6.07, 6.45) is 2.37. The van der Waals surface area contributed by atoms with E-state index in [1.54, 1.807) is 29.3 Å². The van der Waals surface area contributed by atoms with Gasteiger partial charge in [0.1, 0.15) is 11.5 Å². The number of hydrogen-bond acceptors (Lipinski definition) is 4. The Hall–Kier alpha value is -3.22. The van der Waals surface area contributed by atoms with Gasteiger partial charge < -0.3 is 14.8 Å². The first kappa shape index (κ1) is 17.2. The molecule has 1 N–H and O–H groups in total. The molecule has 1 aromatic carbocycles. The number of carbonyl (C=O) groups is 2. The topological polar surface area (TPSA) is 82.2 Å². The predicted molar refractivity (Wildman–Crippen MR) is 101 cm³/mol. The minimum absolute atomic E-state index is 0.0173. The van der Waals surface area contributed by atoms with Crippen molar-refractivity contribution in [1.29, 1.82) is 0 Å². The van der Waals surface area contributed by atoms with E-state index < -0.39 is 0 Å². The van der Waals surface area contributed by atoms with E-state index in [1.807, 2.05) is 30.0 Å². The molecule has 4 rings (SSSR count). The van der Waals surface area contributed by atoms with Gasteiger partial charge in [-0.1, -0.05) is 6.07 Å². The van der Waals surface area contributed by atoms with Crippen LogP contribution in [0.3, 0.4) is 0 Å². The lowest BCUT2D eigenvalue weighted by Crippen LogP contribution is -2.37. The van der Waals surface area contributed by atoms with Crippen molar-refractivity contribution in [2.45, 2.75) is 13.3 Å². The summed E-state index contributed by atoms with van der Waals surface area (Å²) in [5, 5.41) is 0. The molecule has 0 saturated carbocycles. The number of H-pyrrole nitrogens is 1. The summed E-state index contributed by atoms with van der Waals surface area (Å²) < 4.78 is 0. The van der Waals surface area contributed by atoms with Crippen LogP contribution in [0.5, 0.6) is 0 Å². The third-order valence-electron chi connectivity index (χ3n) is 4.80. The second kappa shape index (κ2) is 7.19. The van der Waals surface area contributed by atoms with Gasteiger partial charge in [0.2, 0.25) is 0 Å². The standard InChI is InChI=1S/C20H21N5O2/c1-14-22-16-7-6-15(13-18(16)23-14)19(26)24-9-4-10-25(12-11-24)20(27)17-5-2-3-8-21-17/h2-3,5-8,13H,4,9-12H2,1H3,(H,22,23). The van der Waals surface area contributed by atoms with Crippen LogP contribution in [0.1, 0.15) is 33.1 Å². The molecule has 7 nitrogen and oxygen atoms in total. The number of nitrogens with zero attached hydrogens (tertiary/aromatic N) is 4. The number of amides is 2. The van der Waals surface area contributed by atoms with Gasteiger partial charge in [0.05, 0.1) is 11.0 Å². The van der Waals surface area contributed by atoms with E-state index in [0.29, 0.717) is 37.4 Å². The molecular formula is C20H21N5O2. The molecule has 0 unspecified atom stereocenters. The molecule has 3 heterocycles. The van der Waals surface area contributed by atoms with Crippen molar-refractivity contribution >= 4 is 22.8 Å². The molecule has 0 radical (unpaired) electrons. The van der Waals surface area contributed by atoms with Gasteiger partial charge in [0.25, 0.3) is 11.8 Å². The first-order valence-electron chi connectivity index (χ1n) is 9.08. The number of hydrogen-bond donors (Lipinski definition) is 1. The van der Waals surface area contributed by atoms with Gasteiger partial charge in [-0.05, 0) is 43.7 Å². The van der Waals surface area contributed by atoms with Crippen LogP contribution in [0.15, 0.2) is 42.6 Å². The summed E-state index contributed by atoms with van der Waals surface area (Å²) in [6, 6.07) is 10.8. The molecule has 1 fully saturated rings. The molecule has 27 heavy (non-hydrogen) atoms. The number of aromatic amines is 1.